The van der Waals surface area contributed by atoms with Gasteiger partial charge in [-0.05, 0) is 13.3 Å². The molecule has 0 aliphatic carbocycles. The Hall–Kier alpha value is -1.96. The minimum atomic E-state index is -0.957. The molecule has 0 aromatic carbocycles. The second-order valence-electron chi connectivity index (χ2n) is 4.32. The highest BCUT2D eigenvalue weighted by molar-refractivity contribution is 7.09. The van der Waals surface area contributed by atoms with Gasteiger partial charge in [0.2, 0.25) is 5.91 Å². The van der Waals surface area contributed by atoms with Crippen molar-refractivity contribution in [3.8, 4) is 0 Å². The summed E-state index contributed by atoms with van der Waals surface area (Å²) in [7, 11) is 1.58. The lowest BCUT2D eigenvalue weighted by atomic mass is 10.2. The van der Waals surface area contributed by atoms with Crippen LogP contribution in [-0.4, -0.2) is 39.9 Å². The van der Waals surface area contributed by atoms with Crippen LogP contribution in [0.1, 0.15) is 29.8 Å². The van der Waals surface area contributed by atoms with Gasteiger partial charge in [-0.25, -0.2) is 9.78 Å². The smallest absolute Gasteiger partial charge is 0.324 e. The van der Waals surface area contributed by atoms with Gasteiger partial charge in [-0.15, -0.1) is 11.3 Å². The van der Waals surface area contributed by atoms with E-state index < -0.39 is 17.9 Å². The van der Waals surface area contributed by atoms with E-state index in [1.54, 1.807) is 12.6 Å². The van der Waals surface area contributed by atoms with Crippen molar-refractivity contribution in [3.63, 3.8) is 0 Å². The Morgan fingerprint density at radius 1 is 1.40 bits per heavy atom. The fourth-order valence-electron chi connectivity index (χ4n) is 1.44. The summed E-state index contributed by atoms with van der Waals surface area (Å²) in [5, 5.41) is 10.7. The fraction of sp³-hybridized carbons (Fsp3) is 0.500. The van der Waals surface area contributed by atoms with Crippen molar-refractivity contribution >= 4 is 29.2 Å². The molecule has 1 aromatic heterocycles. The number of carbonyl (C=O) groups is 3. The maximum Gasteiger partial charge on any atom is 0.324 e. The number of imide groups is 1. The summed E-state index contributed by atoms with van der Waals surface area (Å²) >= 11 is 1.45. The first-order valence-corrected chi connectivity index (χ1v) is 6.93. The number of aliphatic carboxylic acids is 1. The summed E-state index contributed by atoms with van der Waals surface area (Å²) in [6.07, 6.45) is 0.148. The maximum absolute atomic E-state index is 11.7. The van der Waals surface area contributed by atoms with Crippen LogP contribution in [0, 0.1) is 6.92 Å². The van der Waals surface area contributed by atoms with E-state index in [-0.39, 0.29) is 19.3 Å². The van der Waals surface area contributed by atoms with Crippen LogP contribution in [0.25, 0.3) is 0 Å². The van der Waals surface area contributed by atoms with Gasteiger partial charge in [-0.2, -0.15) is 0 Å². The van der Waals surface area contributed by atoms with Crippen molar-refractivity contribution in [3.05, 3.63) is 16.1 Å². The largest absolute Gasteiger partial charge is 0.481 e. The summed E-state index contributed by atoms with van der Waals surface area (Å²) in [5.41, 5.74) is 2.57. The molecule has 0 bridgehead atoms. The van der Waals surface area contributed by atoms with E-state index in [0.717, 1.165) is 10.6 Å². The summed E-state index contributed by atoms with van der Waals surface area (Å²) in [4.78, 5) is 39.9. The molecule has 1 aromatic rings. The Balaban J connectivity index is 2.36. The molecule has 0 spiro atoms. The van der Waals surface area contributed by atoms with E-state index in [9.17, 15) is 14.4 Å². The van der Waals surface area contributed by atoms with Crippen LogP contribution in [0.2, 0.25) is 0 Å². The molecule has 0 atom stereocenters. The Morgan fingerprint density at radius 3 is 2.65 bits per heavy atom. The average Bonchev–Trinajstić information content (AvgIpc) is 2.74. The number of carbonyl (C=O) groups excluding carboxylic acids is 2. The summed E-state index contributed by atoms with van der Waals surface area (Å²) < 4.78 is 0. The number of nitrogens with one attached hydrogen (secondary N) is 1. The first-order chi connectivity index (χ1) is 9.40. The third kappa shape index (κ3) is 5.35. The van der Waals surface area contributed by atoms with E-state index in [2.05, 4.69) is 10.3 Å². The van der Waals surface area contributed by atoms with Crippen LogP contribution >= 0.6 is 11.3 Å². The number of aromatic nitrogens is 1. The topological polar surface area (TPSA) is 99.6 Å². The van der Waals surface area contributed by atoms with Crippen molar-refractivity contribution in [1.29, 1.82) is 0 Å². The second kappa shape index (κ2) is 7.59. The zero-order valence-electron chi connectivity index (χ0n) is 11.4. The van der Waals surface area contributed by atoms with Crippen LogP contribution < -0.4 is 5.32 Å². The molecule has 7 nitrogen and oxygen atoms in total. The van der Waals surface area contributed by atoms with Gasteiger partial charge < -0.3 is 10.0 Å². The lowest BCUT2D eigenvalue weighted by molar-refractivity contribution is -0.137. The molecule has 1 heterocycles. The first kappa shape index (κ1) is 16.1. The molecular weight excluding hydrogens is 282 g/mol. The molecule has 110 valence electrons. The minimum absolute atomic E-state index is 0.0193. The quantitative estimate of drug-likeness (QED) is 0.826. The highest BCUT2D eigenvalue weighted by atomic mass is 32.1. The van der Waals surface area contributed by atoms with Crippen LogP contribution in [0.5, 0.6) is 0 Å². The van der Waals surface area contributed by atoms with Gasteiger partial charge >= 0.3 is 12.0 Å². The van der Waals surface area contributed by atoms with Crippen LogP contribution in [-0.2, 0) is 16.1 Å². The number of carboxylic acids is 1. The number of nitrogens with zero attached hydrogens (tertiary/aromatic N) is 2. The molecule has 0 aliphatic heterocycles. The minimum Gasteiger partial charge on any atom is -0.481 e. The first-order valence-electron chi connectivity index (χ1n) is 6.06. The molecule has 20 heavy (non-hydrogen) atoms. The monoisotopic (exact) mass is 299 g/mol. The van der Waals surface area contributed by atoms with Gasteiger partial charge in [-0.3, -0.25) is 14.9 Å². The molecule has 3 amide bonds. The van der Waals surface area contributed by atoms with E-state index in [1.807, 2.05) is 6.92 Å². The van der Waals surface area contributed by atoms with Crippen molar-refractivity contribution in [2.75, 3.05) is 7.05 Å². The Labute approximate surface area is 120 Å². The van der Waals surface area contributed by atoms with E-state index in [0.29, 0.717) is 6.54 Å². The lowest BCUT2D eigenvalue weighted by Gasteiger charge is -2.16. The summed E-state index contributed by atoms with van der Waals surface area (Å²) in [6, 6.07) is -0.502. The average molecular weight is 299 g/mol. The molecule has 0 aliphatic rings. The zero-order chi connectivity index (χ0) is 15.1. The molecule has 0 fully saturated rings. The molecule has 0 radical (unpaired) electrons. The number of hydrogen-bond acceptors (Lipinski definition) is 5. The Morgan fingerprint density at radius 2 is 2.10 bits per heavy atom. The van der Waals surface area contributed by atoms with Gasteiger partial charge in [0.25, 0.3) is 0 Å². The molecule has 0 saturated heterocycles. The van der Waals surface area contributed by atoms with Crippen molar-refractivity contribution in [1.82, 2.24) is 15.2 Å². The predicted octanol–water partition coefficient (Wildman–Crippen LogP) is 1.37. The Kier molecular flexibility index (Phi) is 6.10. The van der Waals surface area contributed by atoms with Gasteiger partial charge in [-0.1, -0.05) is 0 Å². The van der Waals surface area contributed by atoms with Crippen LogP contribution in [0.15, 0.2) is 5.51 Å². The van der Waals surface area contributed by atoms with Crippen molar-refractivity contribution in [2.45, 2.75) is 32.7 Å². The van der Waals surface area contributed by atoms with Gasteiger partial charge in [0.1, 0.15) is 0 Å². The highest BCUT2D eigenvalue weighted by Gasteiger charge is 2.14. The second-order valence-corrected chi connectivity index (χ2v) is 5.26. The van der Waals surface area contributed by atoms with Crippen molar-refractivity contribution in [2.24, 2.45) is 0 Å². The Bertz CT molecular complexity index is 501. The number of rotatable bonds is 6. The van der Waals surface area contributed by atoms with Gasteiger partial charge in [0, 0.05) is 24.8 Å². The molecule has 0 saturated carbocycles. The fourth-order valence-corrected chi connectivity index (χ4v) is 2.27. The molecular formula is C12H17N3O4S. The number of urea groups is 1. The van der Waals surface area contributed by atoms with Crippen molar-refractivity contribution < 1.29 is 19.5 Å². The number of carboxylic acid groups (broad SMARTS) is 1. The van der Waals surface area contributed by atoms with Crippen LogP contribution in [0.3, 0.4) is 0 Å². The van der Waals surface area contributed by atoms with E-state index in [1.165, 1.54) is 16.2 Å². The third-order valence-corrected chi connectivity index (χ3v) is 3.53. The lowest BCUT2D eigenvalue weighted by Crippen LogP contribution is -2.40. The normalized spacial score (nSPS) is 10.1. The summed E-state index contributed by atoms with van der Waals surface area (Å²) in [6.45, 7) is 2.24. The van der Waals surface area contributed by atoms with E-state index in [4.69, 9.17) is 5.11 Å². The van der Waals surface area contributed by atoms with E-state index >= 15 is 0 Å². The number of amides is 3. The predicted molar refractivity (Wildman–Crippen MR) is 73.3 cm³/mol. The summed E-state index contributed by atoms with van der Waals surface area (Å²) in [5.74, 6) is -1.42. The van der Waals surface area contributed by atoms with Gasteiger partial charge in [0.15, 0.2) is 0 Å². The maximum atomic E-state index is 11.7. The van der Waals surface area contributed by atoms with Gasteiger partial charge in [0.05, 0.1) is 17.7 Å². The number of thiazole rings is 1. The van der Waals surface area contributed by atoms with Crippen LogP contribution in [0.4, 0.5) is 4.79 Å². The molecule has 0 unspecified atom stereocenters. The molecule has 2 N–H and O–H groups in total. The SMILES string of the molecule is Cc1ncsc1CN(C)C(=O)NC(=O)CCCC(=O)O. The highest BCUT2D eigenvalue weighted by Crippen LogP contribution is 2.14. The molecule has 8 heteroatoms. The third-order valence-electron chi connectivity index (χ3n) is 2.61. The number of hydrogen-bond donors (Lipinski definition) is 2. The zero-order valence-corrected chi connectivity index (χ0v) is 12.2. The standard InChI is InChI=1S/C12H17N3O4S/c1-8-9(20-7-13-8)6-15(2)12(19)14-10(16)4-3-5-11(17)18/h7H,3-6H2,1-2H3,(H,17,18)(H,14,16,19). The molecule has 1 rings (SSSR count). The number of aryl methyl sites for hydroxylation is 1.